The van der Waals surface area contributed by atoms with Crippen LogP contribution in [0, 0.1) is 11.3 Å². The highest BCUT2D eigenvalue weighted by atomic mass is 32.1. The molecular formula is C18H29NOS. The van der Waals surface area contributed by atoms with Gasteiger partial charge in [-0.15, -0.1) is 11.3 Å². The predicted molar refractivity (Wildman–Crippen MR) is 89.9 cm³/mol. The van der Waals surface area contributed by atoms with E-state index >= 15 is 0 Å². The first-order valence-corrected chi connectivity index (χ1v) is 9.09. The molecule has 0 N–H and O–H groups in total. The average molecular weight is 308 g/mol. The molecule has 21 heavy (non-hydrogen) atoms. The van der Waals surface area contributed by atoms with E-state index in [9.17, 15) is 4.79 Å². The molecule has 1 aliphatic rings. The van der Waals surface area contributed by atoms with Crippen LogP contribution in [-0.2, 0) is 16.6 Å². The minimum atomic E-state index is -0.0538. The average Bonchev–Trinajstić information content (AvgIpc) is 2.97. The molecule has 0 amide bonds. The van der Waals surface area contributed by atoms with Gasteiger partial charge in [0.25, 0.3) is 0 Å². The monoisotopic (exact) mass is 307 g/mol. The molecule has 0 radical (unpaired) electrons. The largest absolute Gasteiger partial charge is 0.299 e. The molecule has 118 valence electrons. The molecule has 1 aliphatic carbocycles. The third-order valence-corrected chi connectivity index (χ3v) is 5.43. The summed E-state index contributed by atoms with van der Waals surface area (Å²) in [5, 5.41) is 3.12. The third kappa shape index (κ3) is 3.94. The zero-order valence-electron chi connectivity index (χ0n) is 14.2. The number of ketones is 1. The first-order chi connectivity index (χ1) is 9.73. The van der Waals surface area contributed by atoms with Crippen LogP contribution in [-0.4, -0.2) is 10.8 Å². The van der Waals surface area contributed by atoms with E-state index < -0.39 is 0 Å². The van der Waals surface area contributed by atoms with Crippen LogP contribution in [0.2, 0.25) is 0 Å². The van der Waals surface area contributed by atoms with Crippen molar-refractivity contribution in [2.24, 2.45) is 11.3 Å². The topological polar surface area (TPSA) is 30.0 Å². The van der Waals surface area contributed by atoms with E-state index in [1.54, 1.807) is 11.3 Å². The second kappa shape index (κ2) is 6.20. The maximum atomic E-state index is 12.9. The Morgan fingerprint density at radius 2 is 1.95 bits per heavy atom. The molecule has 0 aliphatic heterocycles. The minimum absolute atomic E-state index is 0.0538. The van der Waals surface area contributed by atoms with Crippen LogP contribution in [0.4, 0.5) is 0 Å². The fourth-order valence-corrected chi connectivity index (χ4v) is 4.51. The van der Waals surface area contributed by atoms with E-state index in [0.717, 1.165) is 30.0 Å². The second-order valence-electron chi connectivity index (χ2n) is 8.06. The minimum Gasteiger partial charge on any atom is -0.299 e. The molecule has 0 atom stereocenters. The van der Waals surface area contributed by atoms with Gasteiger partial charge in [-0.2, -0.15) is 0 Å². The number of carbonyl (C=O) groups is 1. The smallest absolute Gasteiger partial charge is 0.145 e. The number of Topliss-reactive ketones (excluding diaryl/α,β-unsaturated/α-hetero) is 1. The van der Waals surface area contributed by atoms with Crippen LogP contribution < -0.4 is 0 Å². The predicted octanol–water partition coefficient (Wildman–Crippen LogP) is 5.16. The van der Waals surface area contributed by atoms with Gasteiger partial charge in [0.15, 0.2) is 0 Å². The summed E-state index contributed by atoms with van der Waals surface area (Å²) in [6.07, 6.45) is 6.17. The van der Waals surface area contributed by atoms with E-state index in [0.29, 0.717) is 18.1 Å². The van der Waals surface area contributed by atoms with Gasteiger partial charge in [-0.05, 0) is 25.2 Å². The third-order valence-electron chi connectivity index (χ3n) is 4.58. The number of hydrogen-bond donors (Lipinski definition) is 0. The maximum Gasteiger partial charge on any atom is 0.145 e. The Bertz CT molecular complexity index is 490. The highest BCUT2D eigenvalue weighted by Gasteiger charge is 2.41. The van der Waals surface area contributed by atoms with E-state index in [4.69, 9.17) is 4.98 Å². The van der Waals surface area contributed by atoms with Gasteiger partial charge >= 0.3 is 0 Å². The molecule has 2 nitrogen and oxygen atoms in total. The first kappa shape index (κ1) is 16.7. The van der Waals surface area contributed by atoms with Gasteiger partial charge in [-0.3, -0.25) is 4.79 Å². The Balaban J connectivity index is 2.10. The van der Waals surface area contributed by atoms with Crippen molar-refractivity contribution >= 4 is 17.1 Å². The normalized spacial score (nSPS) is 18.4. The lowest BCUT2D eigenvalue weighted by molar-refractivity contribution is -0.128. The van der Waals surface area contributed by atoms with Crippen LogP contribution in [0.25, 0.3) is 0 Å². The Morgan fingerprint density at radius 1 is 1.33 bits per heavy atom. The summed E-state index contributed by atoms with van der Waals surface area (Å²) in [7, 11) is 0. The summed E-state index contributed by atoms with van der Waals surface area (Å²) < 4.78 is 0. The van der Waals surface area contributed by atoms with Gasteiger partial charge in [0.1, 0.15) is 10.8 Å². The molecule has 1 saturated carbocycles. The zero-order chi connectivity index (χ0) is 15.7. The lowest BCUT2D eigenvalue weighted by Gasteiger charge is -2.29. The van der Waals surface area contributed by atoms with Crippen molar-refractivity contribution in [3.63, 3.8) is 0 Å². The van der Waals surface area contributed by atoms with Crippen LogP contribution in [0.3, 0.4) is 0 Å². The fraction of sp³-hybridized carbons (Fsp3) is 0.778. The molecule has 0 saturated heterocycles. The van der Waals surface area contributed by atoms with Gasteiger partial charge in [0, 0.05) is 16.2 Å². The highest BCUT2D eigenvalue weighted by Crippen LogP contribution is 2.44. The molecule has 1 aromatic rings. The van der Waals surface area contributed by atoms with Gasteiger partial charge in [0.2, 0.25) is 0 Å². The van der Waals surface area contributed by atoms with Crippen molar-refractivity contribution in [3.05, 3.63) is 16.1 Å². The number of nitrogens with zero attached hydrogens (tertiary/aromatic N) is 1. The molecule has 0 spiro atoms. The molecule has 1 fully saturated rings. The highest BCUT2D eigenvalue weighted by molar-refractivity contribution is 7.09. The maximum absolute atomic E-state index is 12.9. The van der Waals surface area contributed by atoms with Gasteiger partial charge < -0.3 is 0 Å². The van der Waals surface area contributed by atoms with Gasteiger partial charge in [0.05, 0.1) is 12.1 Å². The summed E-state index contributed by atoms with van der Waals surface area (Å²) in [6.45, 7) is 11.0. The Kier molecular flexibility index (Phi) is 4.92. The van der Waals surface area contributed by atoms with Crippen molar-refractivity contribution in [3.8, 4) is 0 Å². The molecule has 0 aromatic carbocycles. The second-order valence-corrected chi connectivity index (χ2v) is 9.00. The van der Waals surface area contributed by atoms with Crippen molar-refractivity contribution in [2.75, 3.05) is 0 Å². The summed E-state index contributed by atoms with van der Waals surface area (Å²) in [5.74, 6) is 1.02. The van der Waals surface area contributed by atoms with Crippen molar-refractivity contribution < 1.29 is 4.79 Å². The molecular weight excluding hydrogens is 278 g/mol. The van der Waals surface area contributed by atoms with Crippen LogP contribution in [0.15, 0.2) is 5.38 Å². The molecule has 0 unspecified atom stereocenters. The lowest BCUT2D eigenvalue weighted by atomic mass is 9.74. The van der Waals surface area contributed by atoms with Gasteiger partial charge in [-0.1, -0.05) is 47.5 Å². The fourth-order valence-electron chi connectivity index (χ4n) is 3.49. The number of thiazole rings is 1. The van der Waals surface area contributed by atoms with E-state index in [1.807, 2.05) is 0 Å². The molecule has 2 rings (SSSR count). The summed E-state index contributed by atoms with van der Waals surface area (Å²) in [6, 6.07) is 0. The quantitative estimate of drug-likeness (QED) is 0.752. The summed E-state index contributed by atoms with van der Waals surface area (Å²) in [5.41, 5.74) is 1.13. The van der Waals surface area contributed by atoms with Crippen LogP contribution in [0.5, 0.6) is 0 Å². The Hall–Kier alpha value is -0.700. The molecule has 0 bridgehead atoms. The lowest BCUT2D eigenvalue weighted by Crippen LogP contribution is -2.31. The number of hydrogen-bond acceptors (Lipinski definition) is 3. The number of aromatic nitrogens is 1. The van der Waals surface area contributed by atoms with Crippen molar-refractivity contribution in [2.45, 2.75) is 78.6 Å². The van der Waals surface area contributed by atoms with Crippen LogP contribution in [0.1, 0.15) is 77.4 Å². The van der Waals surface area contributed by atoms with Crippen molar-refractivity contribution in [1.29, 1.82) is 0 Å². The van der Waals surface area contributed by atoms with E-state index in [-0.39, 0.29) is 10.8 Å². The Labute approximate surface area is 133 Å². The SMILES string of the molecule is CC(C)CC1(C(=O)Cc2nc(C(C)(C)C)cs2)CCCC1. The standard InChI is InChI=1S/C18H29NOS/c1-13(2)11-18(8-6-7-9-18)15(20)10-16-19-14(12-21-16)17(3,4)5/h12-13H,6-11H2,1-5H3. The van der Waals surface area contributed by atoms with E-state index in [1.165, 1.54) is 12.8 Å². The van der Waals surface area contributed by atoms with Crippen molar-refractivity contribution in [1.82, 2.24) is 4.98 Å². The van der Waals surface area contributed by atoms with Crippen LogP contribution >= 0.6 is 11.3 Å². The Morgan fingerprint density at radius 3 is 2.43 bits per heavy atom. The van der Waals surface area contributed by atoms with E-state index in [2.05, 4.69) is 40.0 Å². The van der Waals surface area contributed by atoms with Gasteiger partial charge in [-0.25, -0.2) is 4.98 Å². The number of rotatable bonds is 5. The molecule has 3 heteroatoms. The first-order valence-electron chi connectivity index (χ1n) is 8.21. The molecule has 1 aromatic heterocycles. The molecule has 1 heterocycles. The number of carbonyl (C=O) groups excluding carboxylic acids is 1. The summed E-state index contributed by atoms with van der Waals surface area (Å²) >= 11 is 1.65. The zero-order valence-corrected chi connectivity index (χ0v) is 15.0. The summed E-state index contributed by atoms with van der Waals surface area (Å²) in [4.78, 5) is 17.6.